The Hall–Kier alpha value is -1.56. The van der Waals surface area contributed by atoms with Crippen molar-refractivity contribution >= 4 is 35.9 Å². The van der Waals surface area contributed by atoms with Crippen molar-refractivity contribution in [2.45, 2.75) is 39.1 Å². The minimum Gasteiger partial charge on any atom is -0.466 e. The van der Waals surface area contributed by atoms with E-state index in [1.807, 2.05) is 12.1 Å². The molecule has 0 saturated carbocycles. The average Bonchev–Trinajstić information content (AvgIpc) is 2.61. The first kappa shape index (κ1) is 26.4. The minimum absolute atomic E-state index is 0. The van der Waals surface area contributed by atoms with Crippen molar-refractivity contribution in [2.75, 3.05) is 26.8 Å². The fourth-order valence-corrected chi connectivity index (χ4v) is 2.12. The third-order valence-corrected chi connectivity index (χ3v) is 3.40. The molecule has 0 spiro atoms. The number of esters is 1. The van der Waals surface area contributed by atoms with Gasteiger partial charge in [-0.3, -0.25) is 9.79 Å². The number of aliphatic imine (C=N–C) groups is 1. The van der Waals surface area contributed by atoms with Gasteiger partial charge in [0.2, 0.25) is 0 Å². The van der Waals surface area contributed by atoms with Crippen molar-refractivity contribution in [1.82, 2.24) is 10.6 Å². The van der Waals surface area contributed by atoms with Gasteiger partial charge in [-0.2, -0.15) is 13.2 Å². The molecule has 28 heavy (non-hydrogen) atoms. The highest BCUT2D eigenvalue weighted by atomic mass is 127. The molecule has 0 aliphatic rings. The van der Waals surface area contributed by atoms with Crippen molar-refractivity contribution in [3.63, 3.8) is 0 Å². The Kier molecular flexibility index (Phi) is 13.6. The van der Waals surface area contributed by atoms with Gasteiger partial charge < -0.3 is 20.1 Å². The third kappa shape index (κ3) is 12.8. The fraction of sp³-hybridized carbons (Fsp3) is 0.556. The molecule has 6 nitrogen and oxygen atoms in total. The molecule has 0 amide bonds. The number of nitrogens with one attached hydrogen (secondary N) is 2. The van der Waals surface area contributed by atoms with E-state index in [9.17, 15) is 18.0 Å². The van der Waals surface area contributed by atoms with E-state index < -0.39 is 12.8 Å². The molecular formula is C18H27F3IN3O3. The van der Waals surface area contributed by atoms with Gasteiger partial charge in [-0.15, -0.1) is 24.0 Å². The number of ether oxygens (including phenoxy) is 2. The van der Waals surface area contributed by atoms with Gasteiger partial charge in [-0.05, 0) is 24.5 Å². The quantitative estimate of drug-likeness (QED) is 0.164. The number of hydrogen-bond donors (Lipinski definition) is 2. The summed E-state index contributed by atoms with van der Waals surface area (Å²) in [6, 6.07) is 7.08. The molecule has 0 radical (unpaired) electrons. The summed E-state index contributed by atoms with van der Waals surface area (Å²) >= 11 is 0. The number of nitrogens with zero attached hydrogens (tertiary/aromatic N) is 1. The Morgan fingerprint density at radius 3 is 2.36 bits per heavy atom. The summed E-state index contributed by atoms with van der Waals surface area (Å²) in [6.07, 6.45) is -3.34. The van der Waals surface area contributed by atoms with Gasteiger partial charge in [0.05, 0.1) is 13.2 Å². The maximum absolute atomic E-state index is 12.0. The Balaban J connectivity index is 0.00000729. The van der Waals surface area contributed by atoms with Crippen LogP contribution in [0.3, 0.4) is 0 Å². The number of carbonyl (C=O) groups is 1. The number of alkyl halides is 3. The molecule has 2 N–H and O–H groups in total. The van der Waals surface area contributed by atoms with Crippen LogP contribution in [0.4, 0.5) is 13.2 Å². The third-order valence-electron chi connectivity index (χ3n) is 3.40. The van der Waals surface area contributed by atoms with Crippen LogP contribution in [-0.2, 0) is 27.4 Å². The van der Waals surface area contributed by atoms with Gasteiger partial charge in [0, 0.05) is 26.6 Å². The monoisotopic (exact) mass is 517 g/mol. The van der Waals surface area contributed by atoms with Crippen LogP contribution in [-0.4, -0.2) is 44.9 Å². The molecule has 0 aromatic heterocycles. The average molecular weight is 517 g/mol. The molecule has 0 fully saturated rings. The molecule has 160 valence electrons. The van der Waals surface area contributed by atoms with Gasteiger partial charge >= 0.3 is 12.1 Å². The van der Waals surface area contributed by atoms with Crippen molar-refractivity contribution < 1.29 is 27.4 Å². The zero-order valence-corrected chi connectivity index (χ0v) is 18.3. The van der Waals surface area contributed by atoms with Crippen molar-refractivity contribution in [3.05, 3.63) is 35.4 Å². The molecule has 10 heteroatoms. The minimum atomic E-state index is -4.32. The van der Waals surface area contributed by atoms with E-state index in [0.717, 1.165) is 5.56 Å². The fourth-order valence-electron chi connectivity index (χ4n) is 2.12. The Morgan fingerprint density at radius 2 is 1.79 bits per heavy atom. The van der Waals surface area contributed by atoms with Crippen LogP contribution in [0, 0.1) is 0 Å². The maximum Gasteiger partial charge on any atom is 0.411 e. The lowest BCUT2D eigenvalue weighted by Crippen LogP contribution is -2.37. The zero-order chi connectivity index (χ0) is 20.1. The Morgan fingerprint density at radius 1 is 1.14 bits per heavy atom. The van der Waals surface area contributed by atoms with Crippen LogP contribution in [0.25, 0.3) is 0 Å². The molecule has 0 bridgehead atoms. The second-order valence-corrected chi connectivity index (χ2v) is 5.69. The predicted molar refractivity (Wildman–Crippen MR) is 112 cm³/mol. The Labute approximate surface area is 180 Å². The number of carbonyl (C=O) groups excluding carboxylic acids is 1. The highest BCUT2D eigenvalue weighted by molar-refractivity contribution is 14.0. The van der Waals surface area contributed by atoms with Gasteiger partial charge in [0.15, 0.2) is 5.96 Å². The highest BCUT2D eigenvalue weighted by Crippen LogP contribution is 2.15. The van der Waals surface area contributed by atoms with Crippen LogP contribution >= 0.6 is 24.0 Å². The number of halogens is 4. The van der Waals surface area contributed by atoms with E-state index in [-0.39, 0.29) is 36.6 Å². The van der Waals surface area contributed by atoms with Crippen LogP contribution in [0.1, 0.15) is 30.9 Å². The molecule has 0 aliphatic carbocycles. The summed E-state index contributed by atoms with van der Waals surface area (Å²) in [5.74, 6) is 0.373. The number of rotatable bonds is 10. The number of hydrogen-bond acceptors (Lipinski definition) is 4. The first-order valence-electron chi connectivity index (χ1n) is 8.66. The molecule has 1 aromatic carbocycles. The van der Waals surface area contributed by atoms with Gasteiger partial charge in [0.25, 0.3) is 0 Å². The molecule has 0 unspecified atom stereocenters. The van der Waals surface area contributed by atoms with Gasteiger partial charge in [0.1, 0.15) is 6.61 Å². The summed E-state index contributed by atoms with van der Waals surface area (Å²) in [5, 5.41) is 6.22. The van der Waals surface area contributed by atoms with Crippen molar-refractivity contribution in [2.24, 2.45) is 4.99 Å². The zero-order valence-electron chi connectivity index (χ0n) is 16.0. The summed E-state index contributed by atoms with van der Waals surface area (Å²) < 4.78 is 45.6. The molecule has 0 aliphatic heterocycles. The molecule has 0 saturated heterocycles. The summed E-state index contributed by atoms with van der Waals surface area (Å²) in [6.45, 7) is 1.88. The SMILES string of the molecule is CCOC(=O)CCCNC(=NC)NCc1ccc(COCC(F)(F)F)cc1.I. The second kappa shape index (κ2) is 14.4. The van der Waals surface area contributed by atoms with Crippen LogP contribution < -0.4 is 10.6 Å². The first-order valence-corrected chi connectivity index (χ1v) is 8.66. The predicted octanol–water partition coefficient (Wildman–Crippen LogP) is 3.39. The van der Waals surface area contributed by atoms with E-state index in [1.165, 1.54) is 0 Å². The van der Waals surface area contributed by atoms with Gasteiger partial charge in [-0.25, -0.2) is 0 Å². The maximum atomic E-state index is 12.0. The normalized spacial score (nSPS) is 11.5. The molecule has 1 rings (SSSR count). The van der Waals surface area contributed by atoms with E-state index in [0.29, 0.717) is 44.1 Å². The van der Waals surface area contributed by atoms with Crippen LogP contribution in [0.15, 0.2) is 29.3 Å². The largest absolute Gasteiger partial charge is 0.466 e. The lowest BCUT2D eigenvalue weighted by molar-refractivity contribution is -0.176. The van der Waals surface area contributed by atoms with E-state index in [1.54, 1.807) is 26.1 Å². The standard InChI is InChI=1S/C18H26F3N3O3.HI/c1-3-27-16(25)5-4-10-23-17(22-2)24-11-14-6-8-15(9-7-14)12-26-13-18(19,20)21;/h6-9H,3-5,10-13H2,1-2H3,(H2,22,23,24);1H. The summed E-state index contributed by atoms with van der Waals surface area (Å²) in [7, 11) is 1.64. The first-order chi connectivity index (χ1) is 12.8. The number of benzene rings is 1. The summed E-state index contributed by atoms with van der Waals surface area (Å²) in [5.41, 5.74) is 1.62. The van der Waals surface area contributed by atoms with E-state index in [2.05, 4.69) is 20.4 Å². The van der Waals surface area contributed by atoms with E-state index >= 15 is 0 Å². The number of guanidine groups is 1. The molecule has 0 atom stereocenters. The van der Waals surface area contributed by atoms with Crippen LogP contribution in [0.2, 0.25) is 0 Å². The topological polar surface area (TPSA) is 72.0 Å². The summed E-state index contributed by atoms with van der Waals surface area (Å²) in [4.78, 5) is 15.3. The molecular weight excluding hydrogens is 490 g/mol. The van der Waals surface area contributed by atoms with Crippen LogP contribution in [0.5, 0.6) is 0 Å². The Bertz CT molecular complexity index is 596. The highest BCUT2D eigenvalue weighted by Gasteiger charge is 2.27. The lowest BCUT2D eigenvalue weighted by atomic mass is 10.1. The second-order valence-electron chi connectivity index (χ2n) is 5.69. The van der Waals surface area contributed by atoms with Crippen molar-refractivity contribution in [3.8, 4) is 0 Å². The smallest absolute Gasteiger partial charge is 0.411 e. The lowest BCUT2D eigenvalue weighted by Gasteiger charge is -2.12. The van der Waals surface area contributed by atoms with Gasteiger partial charge in [-0.1, -0.05) is 24.3 Å². The van der Waals surface area contributed by atoms with E-state index in [4.69, 9.17) is 4.74 Å². The molecule has 0 heterocycles. The molecule has 1 aromatic rings. The van der Waals surface area contributed by atoms with Crippen molar-refractivity contribution in [1.29, 1.82) is 0 Å².